The summed E-state index contributed by atoms with van der Waals surface area (Å²) in [4.78, 5) is 0. The van der Waals surface area contributed by atoms with Crippen LogP contribution in [0.4, 0.5) is 0 Å². The molecule has 0 spiro atoms. The van der Waals surface area contributed by atoms with Crippen molar-refractivity contribution < 1.29 is 4.74 Å². The van der Waals surface area contributed by atoms with Gasteiger partial charge in [-0.1, -0.05) is 15.9 Å². The van der Waals surface area contributed by atoms with Crippen LogP contribution >= 0.6 is 15.9 Å². The summed E-state index contributed by atoms with van der Waals surface area (Å²) in [6.45, 7) is 1.97. The molecule has 0 unspecified atom stereocenters. The van der Waals surface area contributed by atoms with Gasteiger partial charge in [-0.25, -0.2) is 0 Å². The lowest BCUT2D eigenvalue weighted by Crippen LogP contribution is -1.92. The molecule has 0 aliphatic carbocycles. The molecular formula is C11H11BrN2O. The Bertz CT molecular complexity index is 462. The normalized spacial score (nSPS) is 10.3. The monoisotopic (exact) mass is 266 g/mol. The van der Waals surface area contributed by atoms with Gasteiger partial charge in [-0.3, -0.25) is 4.68 Å². The number of rotatable bonds is 2. The third kappa shape index (κ3) is 2.21. The van der Waals surface area contributed by atoms with Crippen molar-refractivity contribution >= 4 is 15.9 Å². The molecule has 3 nitrogen and oxygen atoms in total. The van der Waals surface area contributed by atoms with E-state index < -0.39 is 0 Å². The molecule has 1 aromatic heterocycles. The third-order valence-electron chi connectivity index (χ3n) is 2.23. The van der Waals surface area contributed by atoms with Crippen LogP contribution in [-0.4, -0.2) is 9.78 Å². The summed E-state index contributed by atoms with van der Waals surface area (Å²) in [7, 11) is 1.89. The first-order valence-electron chi connectivity index (χ1n) is 4.59. The highest BCUT2D eigenvalue weighted by molar-refractivity contribution is 9.10. The molecule has 15 heavy (non-hydrogen) atoms. The summed E-state index contributed by atoms with van der Waals surface area (Å²) >= 11 is 3.38. The second-order valence-corrected chi connectivity index (χ2v) is 4.19. The molecule has 78 valence electrons. The van der Waals surface area contributed by atoms with Crippen molar-refractivity contribution in [3.63, 3.8) is 0 Å². The van der Waals surface area contributed by atoms with Crippen molar-refractivity contribution in [3.05, 3.63) is 40.6 Å². The van der Waals surface area contributed by atoms with Gasteiger partial charge in [0.15, 0.2) is 5.75 Å². The standard InChI is InChI=1S/C11H11BrN2O/c1-8-11(7-13-14(8)2)15-10-5-3-9(12)4-6-10/h3-7H,1-2H3. The average Bonchev–Trinajstić information content (AvgIpc) is 2.53. The van der Waals surface area contributed by atoms with E-state index >= 15 is 0 Å². The summed E-state index contributed by atoms with van der Waals surface area (Å²) in [6, 6.07) is 7.72. The fourth-order valence-corrected chi connectivity index (χ4v) is 1.47. The van der Waals surface area contributed by atoms with Crippen molar-refractivity contribution in [1.29, 1.82) is 0 Å². The van der Waals surface area contributed by atoms with Crippen molar-refractivity contribution in [3.8, 4) is 11.5 Å². The minimum atomic E-state index is 0.792. The van der Waals surface area contributed by atoms with Crippen LogP contribution < -0.4 is 4.74 Å². The summed E-state index contributed by atoms with van der Waals surface area (Å²) in [6.07, 6.45) is 1.72. The van der Waals surface area contributed by atoms with Crippen LogP contribution in [0, 0.1) is 6.92 Å². The number of hydrogen-bond donors (Lipinski definition) is 0. The van der Waals surface area contributed by atoms with Gasteiger partial charge in [-0.15, -0.1) is 0 Å². The maximum absolute atomic E-state index is 5.68. The predicted octanol–water partition coefficient (Wildman–Crippen LogP) is 3.28. The molecule has 1 aromatic carbocycles. The lowest BCUT2D eigenvalue weighted by Gasteiger charge is -2.04. The SMILES string of the molecule is Cc1c(Oc2ccc(Br)cc2)cnn1C. The van der Waals surface area contributed by atoms with E-state index in [9.17, 15) is 0 Å². The lowest BCUT2D eigenvalue weighted by molar-refractivity contribution is 0.477. The molecule has 0 amide bonds. The molecule has 0 saturated heterocycles. The quantitative estimate of drug-likeness (QED) is 0.834. The van der Waals surface area contributed by atoms with Gasteiger partial charge in [0.1, 0.15) is 5.75 Å². The fraction of sp³-hybridized carbons (Fsp3) is 0.182. The summed E-state index contributed by atoms with van der Waals surface area (Å²) in [5.41, 5.74) is 1.01. The number of aromatic nitrogens is 2. The molecule has 0 fully saturated rings. The van der Waals surface area contributed by atoms with E-state index in [0.717, 1.165) is 21.7 Å². The van der Waals surface area contributed by atoms with E-state index in [-0.39, 0.29) is 0 Å². The second-order valence-electron chi connectivity index (χ2n) is 3.27. The minimum Gasteiger partial charge on any atom is -0.454 e. The topological polar surface area (TPSA) is 27.1 Å². The smallest absolute Gasteiger partial charge is 0.168 e. The van der Waals surface area contributed by atoms with E-state index in [1.807, 2.05) is 38.2 Å². The van der Waals surface area contributed by atoms with Crippen LogP contribution in [0.1, 0.15) is 5.69 Å². The lowest BCUT2D eigenvalue weighted by atomic mass is 10.3. The van der Waals surface area contributed by atoms with Crippen molar-refractivity contribution in [1.82, 2.24) is 9.78 Å². The number of halogens is 1. The van der Waals surface area contributed by atoms with Crippen LogP contribution in [0.15, 0.2) is 34.9 Å². The van der Waals surface area contributed by atoms with Gasteiger partial charge in [0.2, 0.25) is 0 Å². The number of nitrogens with zero attached hydrogens (tertiary/aromatic N) is 2. The second kappa shape index (κ2) is 4.06. The molecule has 2 rings (SSSR count). The Morgan fingerprint density at radius 2 is 1.93 bits per heavy atom. The number of aryl methyl sites for hydroxylation is 1. The maximum Gasteiger partial charge on any atom is 0.168 e. The predicted molar refractivity (Wildman–Crippen MR) is 62.2 cm³/mol. The summed E-state index contributed by atoms with van der Waals surface area (Å²) in [5, 5.41) is 4.11. The van der Waals surface area contributed by atoms with Crippen LogP contribution in [0.5, 0.6) is 11.5 Å². The maximum atomic E-state index is 5.68. The van der Waals surface area contributed by atoms with Gasteiger partial charge in [-0.2, -0.15) is 5.10 Å². The zero-order valence-corrected chi connectivity index (χ0v) is 10.2. The van der Waals surface area contributed by atoms with Crippen LogP contribution in [-0.2, 0) is 7.05 Å². The van der Waals surface area contributed by atoms with Gasteiger partial charge >= 0.3 is 0 Å². The van der Waals surface area contributed by atoms with Gasteiger partial charge in [0.25, 0.3) is 0 Å². The Morgan fingerprint density at radius 3 is 2.47 bits per heavy atom. The highest BCUT2D eigenvalue weighted by atomic mass is 79.9. The number of benzene rings is 1. The fourth-order valence-electron chi connectivity index (χ4n) is 1.21. The molecule has 0 aliphatic rings. The van der Waals surface area contributed by atoms with Gasteiger partial charge < -0.3 is 4.74 Å². The van der Waals surface area contributed by atoms with E-state index in [1.165, 1.54) is 0 Å². The molecule has 4 heteroatoms. The minimum absolute atomic E-state index is 0.792. The van der Waals surface area contributed by atoms with Crippen molar-refractivity contribution in [2.45, 2.75) is 6.92 Å². The zero-order valence-electron chi connectivity index (χ0n) is 8.57. The highest BCUT2D eigenvalue weighted by Crippen LogP contribution is 2.25. The first-order valence-corrected chi connectivity index (χ1v) is 5.38. The Hall–Kier alpha value is -1.29. The Balaban J connectivity index is 2.22. The van der Waals surface area contributed by atoms with E-state index in [1.54, 1.807) is 10.9 Å². The molecule has 0 N–H and O–H groups in total. The zero-order chi connectivity index (χ0) is 10.8. The molecule has 0 atom stereocenters. The molecule has 0 radical (unpaired) electrons. The van der Waals surface area contributed by atoms with E-state index in [4.69, 9.17) is 4.74 Å². The largest absolute Gasteiger partial charge is 0.454 e. The molecule has 0 saturated carbocycles. The van der Waals surface area contributed by atoms with Crippen LogP contribution in [0.3, 0.4) is 0 Å². The van der Waals surface area contributed by atoms with E-state index in [2.05, 4.69) is 21.0 Å². The van der Waals surface area contributed by atoms with Gasteiger partial charge in [0.05, 0.1) is 11.9 Å². The Morgan fingerprint density at radius 1 is 1.27 bits per heavy atom. The molecule has 2 aromatic rings. The highest BCUT2D eigenvalue weighted by Gasteiger charge is 2.05. The van der Waals surface area contributed by atoms with Gasteiger partial charge in [0, 0.05) is 11.5 Å². The van der Waals surface area contributed by atoms with Crippen LogP contribution in [0.2, 0.25) is 0 Å². The van der Waals surface area contributed by atoms with E-state index in [0.29, 0.717) is 0 Å². The first kappa shape index (κ1) is 10.2. The first-order chi connectivity index (χ1) is 7.16. The average molecular weight is 267 g/mol. The molecule has 1 heterocycles. The Kier molecular flexibility index (Phi) is 2.77. The van der Waals surface area contributed by atoms with Gasteiger partial charge in [-0.05, 0) is 31.2 Å². The third-order valence-corrected chi connectivity index (χ3v) is 2.76. The van der Waals surface area contributed by atoms with Crippen molar-refractivity contribution in [2.75, 3.05) is 0 Å². The summed E-state index contributed by atoms with van der Waals surface area (Å²) < 4.78 is 8.51. The molecule has 0 aliphatic heterocycles. The van der Waals surface area contributed by atoms with Crippen LogP contribution in [0.25, 0.3) is 0 Å². The summed E-state index contributed by atoms with van der Waals surface area (Å²) in [5.74, 6) is 1.61. The number of hydrogen-bond acceptors (Lipinski definition) is 2. The molecule has 0 bridgehead atoms. The molecular weight excluding hydrogens is 256 g/mol. The van der Waals surface area contributed by atoms with Crippen molar-refractivity contribution in [2.24, 2.45) is 7.05 Å². The Labute approximate surface area is 96.8 Å². The number of ether oxygens (including phenoxy) is 1.